The molecule has 0 aromatic carbocycles. The van der Waals surface area contributed by atoms with E-state index in [2.05, 4.69) is 0 Å². The van der Waals surface area contributed by atoms with E-state index in [-0.39, 0.29) is 24.2 Å². The summed E-state index contributed by atoms with van der Waals surface area (Å²) in [7, 11) is -3.04. The third-order valence-electron chi connectivity index (χ3n) is 2.12. The number of hydrogen-bond donors (Lipinski definition) is 1. The van der Waals surface area contributed by atoms with Gasteiger partial charge >= 0.3 is 0 Å². The summed E-state index contributed by atoms with van der Waals surface area (Å²) < 4.78 is 24.5. The van der Waals surface area contributed by atoms with E-state index >= 15 is 0 Å². The fourth-order valence-corrected chi connectivity index (χ4v) is 3.32. The summed E-state index contributed by atoms with van der Waals surface area (Å²) in [6.07, 6.45) is 0. The Morgan fingerprint density at radius 3 is 2.38 bits per heavy atom. The van der Waals surface area contributed by atoms with Gasteiger partial charge in [-0.15, -0.1) is 0 Å². The summed E-state index contributed by atoms with van der Waals surface area (Å²) in [6.45, 7) is 4.85. The SMILES string of the molecule is CC(C)CS(=O)(=O)N1CC(CO)C1. The minimum atomic E-state index is -3.04. The van der Waals surface area contributed by atoms with Crippen molar-refractivity contribution in [2.45, 2.75) is 13.8 Å². The zero-order chi connectivity index (χ0) is 10.1. The van der Waals surface area contributed by atoms with Crippen LogP contribution >= 0.6 is 0 Å². The second-order valence-corrected chi connectivity index (χ2v) is 6.05. The molecule has 0 aromatic rings. The topological polar surface area (TPSA) is 57.6 Å². The summed E-state index contributed by atoms with van der Waals surface area (Å²) >= 11 is 0. The lowest BCUT2D eigenvalue weighted by Crippen LogP contribution is -2.52. The lowest BCUT2D eigenvalue weighted by atomic mass is 10.1. The monoisotopic (exact) mass is 207 g/mol. The predicted octanol–water partition coefficient (Wildman–Crippen LogP) is -0.104. The van der Waals surface area contributed by atoms with Crippen molar-refractivity contribution in [1.82, 2.24) is 4.31 Å². The molecule has 4 nitrogen and oxygen atoms in total. The van der Waals surface area contributed by atoms with E-state index in [1.54, 1.807) is 0 Å². The van der Waals surface area contributed by atoms with Gasteiger partial charge in [0.2, 0.25) is 10.0 Å². The first-order valence-electron chi connectivity index (χ1n) is 4.54. The molecular weight excluding hydrogens is 190 g/mol. The summed E-state index contributed by atoms with van der Waals surface area (Å²) in [5.74, 6) is 0.533. The van der Waals surface area contributed by atoms with Gasteiger partial charge in [-0.2, -0.15) is 0 Å². The maximum absolute atomic E-state index is 11.5. The minimum Gasteiger partial charge on any atom is -0.396 e. The molecule has 0 amide bonds. The van der Waals surface area contributed by atoms with Crippen molar-refractivity contribution in [2.24, 2.45) is 11.8 Å². The highest BCUT2D eigenvalue weighted by molar-refractivity contribution is 7.89. The zero-order valence-corrected chi connectivity index (χ0v) is 8.92. The molecule has 0 aliphatic carbocycles. The van der Waals surface area contributed by atoms with Gasteiger partial charge in [0.15, 0.2) is 0 Å². The number of rotatable bonds is 4. The molecule has 0 aromatic heterocycles. The second-order valence-electron chi connectivity index (χ2n) is 4.04. The molecule has 0 spiro atoms. The minimum absolute atomic E-state index is 0.0910. The fraction of sp³-hybridized carbons (Fsp3) is 1.00. The molecule has 0 bridgehead atoms. The molecule has 0 saturated carbocycles. The molecule has 5 heteroatoms. The Balaban J connectivity index is 2.45. The van der Waals surface area contributed by atoms with Crippen LogP contribution in [0.4, 0.5) is 0 Å². The van der Waals surface area contributed by atoms with Crippen molar-refractivity contribution < 1.29 is 13.5 Å². The lowest BCUT2D eigenvalue weighted by Gasteiger charge is -2.37. The van der Waals surface area contributed by atoms with Gasteiger partial charge in [0.05, 0.1) is 5.75 Å². The summed E-state index contributed by atoms with van der Waals surface area (Å²) in [5, 5.41) is 8.73. The van der Waals surface area contributed by atoms with Crippen molar-refractivity contribution in [3.8, 4) is 0 Å². The Kier molecular flexibility index (Phi) is 3.32. The lowest BCUT2D eigenvalue weighted by molar-refractivity contribution is 0.117. The molecule has 1 N–H and O–H groups in total. The number of hydrogen-bond acceptors (Lipinski definition) is 3. The van der Waals surface area contributed by atoms with Gasteiger partial charge < -0.3 is 5.11 Å². The maximum Gasteiger partial charge on any atom is 0.214 e. The highest BCUT2D eigenvalue weighted by Gasteiger charge is 2.35. The Morgan fingerprint density at radius 2 is 2.00 bits per heavy atom. The van der Waals surface area contributed by atoms with Crippen LogP contribution in [0.1, 0.15) is 13.8 Å². The smallest absolute Gasteiger partial charge is 0.214 e. The standard InChI is InChI=1S/C8H17NO3S/c1-7(2)6-13(11,12)9-3-8(4-9)5-10/h7-8,10H,3-6H2,1-2H3. The molecule has 1 fully saturated rings. The number of sulfonamides is 1. The molecule has 1 rings (SSSR count). The molecule has 1 heterocycles. The van der Waals surface area contributed by atoms with Gasteiger partial charge in [-0.05, 0) is 5.92 Å². The van der Waals surface area contributed by atoms with Crippen LogP contribution in [0.25, 0.3) is 0 Å². The van der Waals surface area contributed by atoms with Crippen LogP contribution in [0, 0.1) is 11.8 Å². The zero-order valence-electron chi connectivity index (χ0n) is 8.10. The highest BCUT2D eigenvalue weighted by Crippen LogP contribution is 2.20. The van der Waals surface area contributed by atoms with Gasteiger partial charge in [0.25, 0.3) is 0 Å². The average Bonchev–Trinajstić information content (AvgIpc) is 1.79. The molecule has 13 heavy (non-hydrogen) atoms. The number of aliphatic hydroxyl groups excluding tert-OH is 1. The molecule has 1 aliphatic heterocycles. The van der Waals surface area contributed by atoms with Crippen LogP contribution in [0.5, 0.6) is 0 Å². The third kappa shape index (κ3) is 2.65. The Hall–Kier alpha value is -0.130. The molecule has 0 unspecified atom stereocenters. The van der Waals surface area contributed by atoms with Crippen LogP contribution < -0.4 is 0 Å². The van der Waals surface area contributed by atoms with Gasteiger partial charge in [-0.3, -0.25) is 0 Å². The Morgan fingerprint density at radius 1 is 1.46 bits per heavy atom. The van der Waals surface area contributed by atoms with E-state index in [0.717, 1.165) is 0 Å². The van der Waals surface area contributed by atoms with Crippen molar-refractivity contribution in [1.29, 1.82) is 0 Å². The van der Waals surface area contributed by atoms with E-state index in [1.807, 2.05) is 13.8 Å². The van der Waals surface area contributed by atoms with Crippen LogP contribution in [-0.2, 0) is 10.0 Å². The Bertz CT molecular complexity index is 255. The fourth-order valence-electron chi connectivity index (χ4n) is 1.39. The molecule has 0 radical (unpaired) electrons. The van der Waals surface area contributed by atoms with Crippen LogP contribution in [0.3, 0.4) is 0 Å². The number of aliphatic hydroxyl groups is 1. The predicted molar refractivity (Wildman–Crippen MR) is 50.8 cm³/mol. The number of nitrogens with zero attached hydrogens (tertiary/aromatic N) is 1. The Labute approximate surface area is 79.6 Å². The van der Waals surface area contributed by atoms with Gasteiger partial charge in [-0.25, -0.2) is 12.7 Å². The molecule has 78 valence electrons. The van der Waals surface area contributed by atoms with Crippen LogP contribution in [0.15, 0.2) is 0 Å². The quantitative estimate of drug-likeness (QED) is 0.700. The second kappa shape index (κ2) is 3.94. The van der Waals surface area contributed by atoms with Crippen molar-refractivity contribution in [3.05, 3.63) is 0 Å². The van der Waals surface area contributed by atoms with E-state index < -0.39 is 10.0 Å². The van der Waals surface area contributed by atoms with E-state index in [0.29, 0.717) is 13.1 Å². The van der Waals surface area contributed by atoms with E-state index in [9.17, 15) is 8.42 Å². The first-order valence-corrected chi connectivity index (χ1v) is 6.15. The first kappa shape index (κ1) is 10.9. The van der Waals surface area contributed by atoms with Gasteiger partial charge in [0.1, 0.15) is 0 Å². The van der Waals surface area contributed by atoms with E-state index in [4.69, 9.17) is 5.11 Å². The third-order valence-corrected chi connectivity index (χ3v) is 4.29. The first-order chi connectivity index (χ1) is 5.95. The van der Waals surface area contributed by atoms with E-state index in [1.165, 1.54) is 4.31 Å². The van der Waals surface area contributed by atoms with Crippen LogP contribution in [-0.4, -0.2) is 43.3 Å². The molecular formula is C8H17NO3S. The molecule has 1 aliphatic rings. The largest absolute Gasteiger partial charge is 0.396 e. The maximum atomic E-state index is 11.5. The average molecular weight is 207 g/mol. The normalized spacial score (nSPS) is 20.6. The summed E-state index contributed by atoms with van der Waals surface area (Å²) in [6, 6.07) is 0. The summed E-state index contributed by atoms with van der Waals surface area (Å²) in [4.78, 5) is 0. The molecule has 1 saturated heterocycles. The van der Waals surface area contributed by atoms with Gasteiger partial charge in [-0.1, -0.05) is 13.8 Å². The highest BCUT2D eigenvalue weighted by atomic mass is 32.2. The van der Waals surface area contributed by atoms with Crippen molar-refractivity contribution >= 4 is 10.0 Å². The summed E-state index contributed by atoms with van der Waals surface area (Å²) in [5.41, 5.74) is 0. The van der Waals surface area contributed by atoms with Crippen molar-refractivity contribution in [2.75, 3.05) is 25.4 Å². The van der Waals surface area contributed by atoms with Gasteiger partial charge in [0, 0.05) is 25.6 Å². The molecule has 0 atom stereocenters. The van der Waals surface area contributed by atoms with Crippen LogP contribution in [0.2, 0.25) is 0 Å². The van der Waals surface area contributed by atoms with Crippen molar-refractivity contribution in [3.63, 3.8) is 0 Å².